The van der Waals surface area contributed by atoms with Gasteiger partial charge in [0.15, 0.2) is 0 Å². The number of thiazole rings is 1. The van der Waals surface area contributed by atoms with Crippen molar-refractivity contribution in [1.82, 2.24) is 10.3 Å². The molecule has 1 aliphatic rings. The van der Waals surface area contributed by atoms with Crippen LogP contribution in [-0.2, 0) is 16.0 Å². The van der Waals surface area contributed by atoms with Crippen LogP contribution in [0.4, 0.5) is 0 Å². The van der Waals surface area contributed by atoms with Gasteiger partial charge in [0.25, 0.3) is 0 Å². The lowest BCUT2D eigenvalue weighted by atomic mass is 9.68. The number of rotatable bonds is 5. The quantitative estimate of drug-likeness (QED) is 0.770. The molecule has 0 unspecified atom stereocenters. The fourth-order valence-electron chi connectivity index (χ4n) is 1.90. The Morgan fingerprint density at radius 3 is 2.76 bits per heavy atom. The molecule has 0 atom stereocenters. The SMILES string of the molecule is O=C(O)C1(C(=O)NCCc2nccs2)CCC1. The van der Waals surface area contributed by atoms with E-state index in [1.165, 1.54) is 11.3 Å². The summed E-state index contributed by atoms with van der Waals surface area (Å²) in [6, 6.07) is 0. The van der Waals surface area contributed by atoms with Crippen LogP contribution >= 0.6 is 11.3 Å². The van der Waals surface area contributed by atoms with Crippen LogP contribution in [0.5, 0.6) is 0 Å². The zero-order valence-corrected chi connectivity index (χ0v) is 10.1. The van der Waals surface area contributed by atoms with Crippen molar-refractivity contribution < 1.29 is 14.7 Å². The molecule has 1 heterocycles. The van der Waals surface area contributed by atoms with E-state index in [4.69, 9.17) is 5.11 Å². The number of carbonyl (C=O) groups excluding carboxylic acids is 1. The Morgan fingerprint density at radius 1 is 1.53 bits per heavy atom. The fraction of sp³-hybridized carbons (Fsp3) is 0.545. The fourth-order valence-corrected chi connectivity index (χ4v) is 2.52. The van der Waals surface area contributed by atoms with Gasteiger partial charge >= 0.3 is 5.97 Å². The van der Waals surface area contributed by atoms with Crippen molar-refractivity contribution in [3.05, 3.63) is 16.6 Å². The summed E-state index contributed by atoms with van der Waals surface area (Å²) in [5.41, 5.74) is -1.16. The van der Waals surface area contributed by atoms with E-state index >= 15 is 0 Å². The molecule has 1 saturated carbocycles. The zero-order valence-electron chi connectivity index (χ0n) is 9.31. The molecule has 1 aliphatic carbocycles. The normalized spacial score (nSPS) is 17.2. The van der Waals surface area contributed by atoms with Crippen molar-refractivity contribution in [2.75, 3.05) is 6.54 Å². The number of aromatic nitrogens is 1. The predicted octanol–water partition coefficient (Wildman–Crippen LogP) is 1.06. The Morgan fingerprint density at radius 2 is 2.29 bits per heavy atom. The van der Waals surface area contributed by atoms with Crippen molar-refractivity contribution in [3.63, 3.8) is 0 Å². The maximum atomic E-state index is 11.8. The van der Waals surface area contributed by atoms with Crippen LogP contribution in [0.25, 0.3) is 0 Å². The molecular weight excluding hydrogens is 240 g/mol. The van der Waals surface area contributed by atoms with Crippen LogP contribution in [0.1, 0.15) is 24.3 Å². The molecule has 92 valence electrons. The van der Waals surface area contributed by atoms with Gasteiger partial charge in [-0.3, -0.25) is 9.59 Å². The van der Waals surface area contributed by atoms with Crippen molar-refractivity contribution >= 4 is 23.2 Å². The summed E-state index contributed by atoms with van der Waals surface area (Å²) in [6.45, 7) is 0.446. The third-order valence-electron chi connectivity index (χ3n) is 3.16. The number of carboxylic acid groups (broad SMARTS) is 1. The molecule has 0 aromatic carbocycles. The summed E-state index contributed by atoms with van der Waals surface area (Å²) in [6.07, 6.45) is 4.08. The van der Waals surface area contributed by atoms with Gasteiger partial charge in [-0.05, 0) is 12.8 Å². The van der Waals surface area contributed by atoms with Crippen molar-refractivity contribution in [3.8, 4) is 0 Å². The van der Waals surface area contributed by atoms with E-state index in [0.717, 1.165) is 11.4 Å². The minimum atomic E-state index is -1.16. The van der Waals surface area contributed by atoms with Gasteiger partial charge in [-0.15, -0.1) is 11.3 Å². The highest BCUT2D eigenvalue weighted by Crippen LogP contribution is 2.41. The molecule has 1 aromatic heterocycles. The molecule has 5 nitrogen and oxygen atoms in total. The first-order valence-electron chi connectivity index (χ1n) is 5.55. The summed E-state index contributed by atoms with van der Waals surface area (Å²) < 4.78 is 0. The van der Waals surface area contributed by atoms with Gasteiger partial charge in [0.1, 0.15) is 5.41 Å². The molecule has 0 bridgehead atoms. The van der Waals surface area contributed by atoms with Crippen LogP contribution in [0, 0.1) is 5.41 Å². The Balaban J connectivity index is 1.83. The van der Waals surface area contributed by atoms with Crippen LogP contribution in [-0.4, -0.2) is 28.5 Å². The molecule has 0 radical (unpaired) electrons. The third kappa shape index (κ3) is 2.31. The smallest absolute Gasteiger partial charge is 0.319 e. The highest BCUT2D eigenvalue weighted by Gasteiger charge is 2.50. The first kappa shape index (κ1) is 12.0. The Labute approximate surface area is 103 Å². The maximum absolute atomic E-state index is 11.8. The van der Waals surface area contributed by atoms with E-state index < -0.39 is 11.4 Å². The van der Waals surface area contributed by atoms with E-state index in [9.17, 15) is 9.59 Å². The lowest BCUT2D eigenvalue weighted by Gasteiger charge is -2.35. The van der Waals surface area contributed by atoms with Gasteiger partial charge in [-0.1, -0.05) is 6.42 Å². The average molecular weight is 254 g/mol. The predicted molar refractivity (Wildman–Crippen MR) is 62.7 cm³/mol. The molecule has 1 amide bonds. The zero-order chi connectivity index (χ0) is 12.3. The highest BCUT2D eigenvalue weighted by atomic mass is 32.1. The van der Waals surface area contributed by atoms with Crippen LogP contribution in [0.15, 0.2) is 11.6 Å². The minimum Gasteiger partial charge on any atom is -0.480 e. The van der Waals surface area contributed by atoms with Gasteiger partial charge in [0.2, 0.25) is 5.91 Å². The average Bonchev–Trinajstić information content (AvgIpc) is 2.67. The van der Waals surface area contributed by atoms with E-state index in [0.29, 0.717) is 25.8 Å². The molecule has 2 rings (SSSR count). The second-order valence-electron chi connectivity index (χ2n) is 4.17. The summed E-state index contributed by atoms with van der Waals surface area (Å²) in [4.78, 5) is 27.0. The molecule has 1 fully saturated rings. The number of aliphatic carboxylic acids is 1. The topological polar surface area (TPSA) is 79.3 Å². The molecule has 6 heteroatoms. The molecule has 2 N–H and O–H groups in total. The molecule has 1 aromatic rings. The van der Waals surface area contributed by atoms with Gasteiger partial charge < -0.3 is 10.4 Å². The number of amides is 1. The number of carbonyl (C=O) groups is 2. The Kier molecular flexibility index (Phi) is 3.42. The van der Waals surface area contributed by atoms with E-state index in [1.807, 2.05) is 5.38 Å². The number of hydrogen-bond acceptors (Lipinski definition) is 4. The monoisotopic (exact) mass is 254 g/mol. The minimum absolute atomic E-state index is 0.354. The van der Waals surface area contributed by atoms with Gasteiger partial charge in [0, 0.05) is 24.5 Å². The first-order valence-corrected chi connectivity index (χ1v) is 6.43. The van der Waals surface area contributed by atoms with Crippen molar-refractivity contribution in [1.29, 1.82) is 0 Å². The second kappa shape index (κ2) is 4.83. The lowest BCUT2D eigenvalue weighted by Crippen LogP contribution is -2.51. The van der Waals surface area contributed by atoms with Gasteiger partial charge in [-0.2, -0.15) is 0 Å². The Hall–Kier alpha value is -1.43. The van der Waals surface area contributed by atoms with E-state index in [1.54, 1.807) is 6.20 Å². The van der Waals surface area contributed by atoms with Crippen LogP contribution < -0.4 is 5.32 Å². The van der Waals surface area contributed by atoms with Crippen molar-refractivity contribution in [2.45, 2.75) is 25.7 Å². The summed E-state index contributed by atoms with van der Waals surface area (Å²) in [5.74, 6) is -1.36. The van der Waals surface area contributed by atoms with Gasteiger partial charge in [0.05, 0.1) is 5.01 Å². The number of hydrogen-bond donors (Lipinski definition) is 2. The van der Waals surface area contributed by atoms with Crippen LogP contribution in [0.2, 0.25) is 0 Å². The molecule has 17 heavy (non-hydrogen) atoms. The van der Waals surface area contributed by atoms with E-state index in [2.05, 4.69) is 10.3 Å². The number of nitrogens with zero attached hydrogens (tertiary/aromatic N) is 1. The second-order valence-corrected chi connectivity index (χ2v) is 5.15. The number of nitrogens with one attached hydrogen (secondary N) is 1. The Bertz CT molecular complexity index is 412. The van der Waals surface area contributed by atoms with Crippen LogP contribution in [0.3, 0.4) is 0 Å². The van der Waals surface area contributed by atoms with Gasteiger partial charge in [-0.25, -0.2) is 4.98 Å². The summed E-state index contributed by atoms with van der Waals surface area (Å²) in [7, 11) is 0. The largest absolute Gasteiger partial charge is 0.480 e. The van der Waals surface area contributed by atoms with Crippen molar-refractivity contribution in [2.24, 2.45) is 5.41 Å². The third-order valence-corrected chi connectivity index (χ3v) is 4.00. The maximum Gasteiger partial charge on any atom is 0.319 e. The summed E-state index contributed by atoms with van der Waals surface area (Å²) in [5, 5.41) is 14.6. The molecular formula is C11H14N2O3S. The van der Waals surface area contributed by atoms with E-state index in [-0.39, 0.29) is 5.91 Å². The number of carboxylic acids is 1. The molecule has 0 aliphatic heterocycles. The lowest BCUT2D eigenvalue weighted by molar-refractivity contribution is -0.162. The summed E-state index contributed by atoms with van der Waals surface area (Å²) >= 11 is 1.53. The first-order chi connectivity index (χ1) is 8.15. The highest BCUT2D eigenvalue weighted by molar-refractivity contribution is 7.09. The molecule has 0 spiro atoms. The standard InChI is InChI=1S/C11H14N2O3S/c14-9(11(10(15)16)3-1-4-11)13-5-2-8-12-6-7-17-8/h6-7H,1-5H2,(H,13,14)(H,15,16). The molecule has 0 saturated heterocycles.